The minimum atomic E-state index is -0.426. The molecule has 4 rings (SSSR count). The zero-order chi connectivity index (χ0) is 20.9. The van der Waals surface area contributed by atoms with Crippen molar-refractivity contribution in [3.8, 4) is 0 Å². The number of amides is 1. The molecular weight excluding hydrogens is 400 g/mol. The number of fused-ring (bicyclic) bond motifs is 1. The van der Waals surface area contributed by atoms with Crippen LogP contribution in [0.1, 0.15) is 23.8 Å². The van der Waals surface area contributed by atoms with Gasteiger partial charge >= 0.3 is 0 Å². The zero-order valence-corrected chi connectivity index (χ0v) is 17.1. The van der Waals surface area contributed by atoms with Crippen LogP contribution in [-0.2, 0) is 4.79 Å². The van der Waals surface area contributed by atoms with Gasteiger partial charge in [-0.05, 0) is 37.1 Å². The summed E-state index contributed by atoms with van der Waals surface area (Å²) in [6.45, 7) is 1.01. The summed E-state index contributed by atoms with van der Waals surface area (Å²) in [7, 11) is 0. The molecule has 8 heteroatoms. The predicted molar refractivity (Wildman–Crippen MR) is 119 cm³/mol. The summed E-state index contributed by atoms with van der Waals surface area (Å²) in [6.07, 6.45) is 5.74. The maximum Gasteiger partial charge on any atom is 0.269 e. The molecule has 0 aliphatic heterocycles. The molecule has 1 aromatic heterocycles. The summed E-state index contributed by atoms with van der Waals surface area (Å²) in [4.78, 5) is 27.9. The quantitative estimate of drug-likeness (QED) is 0.253. The summed E-state index contributed by atoms with van der Waals surface area (Å²) in [5, 5.41) is 17.9. The number of rotatable bonds is 7. The average molecular weight is 423 g/mol. The van der Waals surface area contributed by atoms with Crippen LogP contribution in [0.3, 0.4) is 0 Å². The molecule has 2 aromatic carbocycles. The number of thiazole rings is 1. The minimum Gasteiger partial charge on any atom is -0.383 e. The van der Waals surface area contributed by atoms with E-state index in [9.17, 15) is 14.9 Å². The SMILES string of the molecule is O=C(NCCNc1ccc([N+](=O)[O-])cc1)C1CC=CCC1c1nc2ccccc2s1. The van der Waals surface area contributed by atoms with Gasteiger partial charge in [-0.1, -0.05) is 24.3 Å². The number of para-hydroxylation sites is 1. The first kappa shape index (κ1) is 20.0. The highest BCUT2D eigenvalue weighted by atomic mass is 32.1. The lowest BCUT2D eigenvalue weighted by molar-refractivity contribution is -0.384. The molecule has 1 heterocycles. The van der Waals surface area contributed by atoms with Crippen LogP contribution in [0.15, 0.2) is 60.7 Å². The van der Waals surface area contributed by atoms with E-state index in [2.05, 4.69) is 28.9 Å². The van der Waals surface area contributed by atoms with Crippen molar-refractivity contribution in [2.24, 2.45) is 5.92 Å². The Bertz CT molecular complexity index is 1040. The van der Waals surface area contributed by atoms with E-state index >= 15 is 0 Å². The van der Waals surface area contributed by atoms with Crippen molar-refractivity contribution < 1.29 is 9.72 Å². The molecule has 0 fully saturated rings. The smallest absolute Gasteiger partial charge is 0.269 e. The molecule has 1 aliphatic rings. The van der Waals surface area contributed by atoms with E-state index in [0.29, 0.717) is 19.5 Å². The van der Waals surface area contributed by atoms with Crippen LogP contribution >= 0.6 is 11.3 Å². The summed E-state index contributed by atoms with van der Waals surface area (Å²) >= 11 is 1.67. The third-order valence-corrected chi connectivity index (χ3v) is 6.40. The van der Waals surface area contributed by atoms with Gasteiger partial charge in [-0.25, -0.2) is 4.98 Å². The Balaban J connectivity index is 1.33. The van der Waals surface area contributed by atoms with Gasteiger partial charge in [-0.3, -0.25) is 14.9 Å². The van der Waals surface area contributed by atoms with Crippen molar-refractivity contribution in [2.45, 2.75) is 18.8 Å². The van der Waals surface area contributed by atoms with E-state index in [0.717, 1.165) is 27.3 Å². The predicted octanol–water partition coefficient (Wildman–Crippen LogP) is 4.48. The van der Waals surface area contributed by atoms with Crippen LogP contribution in [0.2, 0.25) is 0 Å². The second-order valence-electron chi connectivity index (χ2n) is 7.20. The van der Waals surface area contributed by atoms with E-state index in [1.165, 1.54) is 12.1 Å². The number of aromatic nitrogens is 1. The molecule has 0 saturated carbocycles. The Morgan fingerprint density at radius 2 is 1.87 bits per heavy atom. The van der Waals surface area contributed by atoms with Gasteiger partial charge in [0.05, 0.1) is 26.1 Å². The molecule has 2 N–H and O–H groups in total. The van der Waals surface area contributed by atoms with Crippen molar-refractivity contribution in [3.05, 3.63) is 75.8 Å². The number of allylic oxidation sites excluding steroid dienone is 2. The minimum absolute atomic E-state index is 0.0362. The van der Waals surface area contributed by atoms with Crippen LogP contribution in [0, 0.1) is 16.0 Å². The normalized spacial score (nSPS) is 18.3. The fourth-order valence-corrected chi connectivity index (χ4v) is 4.80. The molecule has 0 bridgehead atoms. The summed E-state index contributed by atoms with van der Waals surface area (Å²) in [5.41, 5.74) is 1.82. The Kier molecular flexibility index (Phi) is 6.04. The van der Waals surface area contributed by atoms with Gasteiger partial charge in [0.25, 0.3) is 5.69 Å². The highest BCUT2D eigenvalue weighted by Gasteiger charge is 2.32. The highest BCUT2D eigenvalue weighted by molar-refractivity contribution is 7.18. The van der Waals surface area contributed by atoms with Gasteiger partial charge in [0.15, 0.2) is 0 Å². The third-order valence-electron chi connectivity index (χ3n) is 5.23. The molecule has 30 heavy (non-hydrogen) atoms. The number of carbonyl (C=O) groups is 1. The number of nitro groups is 1. The molecule has 2 unspecified atom stereocenters. The van der Waals surface area contributed by atoms with Crippen LogP contribution in [0.25, 0.3) is 10.2 Å². The molecule has 2 atom stereocenters. The van der Waals surface area contributed by atoms with E-state index in [1.54, 1.807) is 23.5 Å². The van der Waals surface area contributed by atoms with Crippen molar-refractivity contribution >= 4 is 38.8 Å². The Morgan fingerprint density at radius 3 is 2.63 bits per heavy atom. The first-order valence-electron chi connectivity index (χ1n) is 9.88. The molecule has 1 aliphatic carbocycles. The van der Waals surface area contributed by atoms with Crippen LogP contribution < -0.4 is 10.6 Å². The lowest BCUT2D eigenvalue weighted by atomic mass is 9.82. The number of carbonyl (C=O) groups excluding carboxylic acids is 1. The number of nitrogens with one attached hydrogen (secondary N) is 2. The molecule has 1 amide bonds. The molecular formula is C22H22N4O3S. The Morgan fingerprint density at radius 1 is 1.10 bits per heavy atom. The van der Waals surface area contributed by atoms with E-state index in [-0.39, 0.29) is 23.4 Å². The molecule has 0 saturated heterocycles. The second-order valence-corrected chi connectivity index (χ2v) is 8.26. The van der Waals surface area contributed by atoms with Crippen LogP contribution in [-0.4, -0.2) is 28.9 Å². The topological polar surface area (TPSA) is 97.2 Å². The number of anilines is 1. The molecule has 154 valence electrons. The van der Waals surface area contributed by atoms with Crippen molar-refractivity contribution in [1.29, 1.82) is 0 Å². The number of hydrogen-bond donors (Lipinski definition) is 2. The molecule has 0 radical (unpaired) electrons. The first-order chi connectivity index (χ1) is 14.6. The number of nitro benzene ring substituents is 1. The van der Waals surface area contributed by atoms with Gasteiger partial charge in [0, 0.05) is 36.8 Å². The van der Waals surface area contributed by atoms with Crippen LogP contribution in [0.5, 0.6) is 0 Å². The fraction of sp³-hybridized carbons (Fsp3) is 0.273. The second kappa shape index (κ2) is 9.04. The Labute approximate surface area is 178 Å². The van der Waals surface area contributed by atoms with E-state index in [4.69, 9.17) is 4.98 Å². The zero-order valence-electron chi connectivity index (χ0n) is 16.3. The maximum absolute atomic E-state index is 12.9. The molecule has 0 spiro atoms. The third kappa shape index (κ3) is 4.49. The van der Waals surface area contributed by atoms with Crippen molar-refractivity contribution in [2.75, 3.05) is 18.4 Å². The van der Waals surface area contributed by atoms with Gasteiger partial charge in [-0.2, -0.15) is 0 Å². The van der Waals surface area contributed by atoms with Crippen LogP contribution in [0.4, 0.5) is 11.4 Å². The summed E-state index contributed by atoms with van der Waals surface area (Å²) in [6, 6.07) is 14.3. The number of benzene rings is 2. The van der Waals surface area contributed by atoms with E-state index in [1.807, 2.05) is 18.2 Å². The largest absolute Gasteiger partial charge is 0.383 e. The summed E-state index contributed by atoms with van der Waals surface area (Å²) < 4.78 is 1.15. The van der Waals surface area contributed by atoms with Crippen molar-refractivity contribution in [1.82, 2.24) is 10.3 Å². The van der Waals surface area contributed by atoms with Gasteiger partial charge in [0.1, 0.15) is 0 Å². The van der Waals surface area contributed by atoms with Crippen molar-refractivity contribution in [3.63, 3.8) is 0 Å². The number of nitrogens with zero attached hydrogens (tertiary/aromatic N) is 2. The Hall–Kier alpha value is -3.26. The summed E-state index contributed by atoms with van der Waals surface area (Å²) in [5.74, 6) is -0.000857. The monoisotopic (exact) mass is 422 g/mol. The highest BCUT2D eigenvalue weighted by Crippen LogP contribution is 2.38. The van der Waals surface area contributed by atoms with Gasteiger partial charge in [0.2, 0.25) is 5.91 Å². The fourth-order valence-electron chi connectivity index (χ4n) is 3.65. The van der Waals surface area contributed by atoms with Gasteiger partial charge < -0.3 is 10.6 Å². The first-order valence-corrected chi connectivity index (χ1v) is 10.7. The molecule has 7 nitrogen and oxygen atoms in total. The maximum atomic E-state index is 12.9. The van der Waals surface area contributed by atoms with Gasteiger partial charge in [-0.15, -0.1) is 11.3 Å². The lowest BCUT2D eigenvalue weighted by Gasteiger charge is -2.26. The molecule has 3 aromatic rings. The number of non-ortho nitro benzene ring substituents is 1. The lowest BCUT2D eigenvalue weighted by Crippen LogP contribution is -2.37. The standard InChI is InChI=1S/C22H22N4O3S/c27-21(24-14-13-23-15-9-11-16(12-10-15)26(28)29)17-5-1-2-6-18(17)22-25-19-7-3-4-8-20(19)30-22/h1-4,7-12,17-18,23H,5-6,13-14H2,(H,24,27). The average Bonchev–Trinajstić information content (AvgIpc) is 3.21. The van der Waals surface area contributed by atoms with E-state index < -0.39 is 4.92 Å². The number of hydrogen-bond acceptors (Lipinski definition) is 6.